The summed E-state index contributed by atoms with van der Waals surface area (Å²) < 4.78 is 12.8. The summed E-state index contributed by atoms with van der Waals surface area (Å²) in [6.07, 6.45) is 2.39. The van der Waals surface area contributed by atoms with Crippen LogP contribution in [0.4, 0.5) is 0 Å². The Morgan fingerprint density at radius 1 is 1.10 bits per heavy atom. The van der Waals surface area contributed by atoms with Crippen molar-refractivity contribution < 1.29 is 13.9 Å². The number of aryl methyl sites for hydroxylation is 1. The van der Waals surface area contributed by atoms with Gasteiger partial charge in [-0.3, -0.25) is 4.79 Å². The Bertz CT molecular complexity index is 1140. The fourth-order valence-electron chi connectivity index (χ4n) is 3.53. The second-order valence-corrected chi connectivity index (χ2v) is 7.07. The fraction of sp³-hybridized carbons (Fsp3) is 0.208. The third-order valence-electron chi connectivity index (χ3n) is 5.18. The number of aromatic nitrogens is 1. The van der Waals surface area contributed by atoms with Gasteiger partial charge >= 0.3 is 0 Å². The molecule has 5 heteroatoms. The smallest absolute Gasteiger partial charge is 0.268 e. The van der Waals surface area contributed by atoms with Crippen LogP contribution >= 0.6 is 0 Å². The molecule has 0 unspecified atom stereocenters. The predicted molar refractivity (Wildman–Crippen MR) is 114 cm³/mol. The average molecular weight is 388 g/mol. The van der Waals surface area contributed by atoms with E-state index in [1.54, 1.807) is 13.4 Å². The summed E-state index contributed by atoms with van der Waals surface area (Å²) in [6.45, 7) is 3.25. The minimum absolute atomic E-state index is 0.104. The predicted octanol–water partition coefficient (Wildman–Crippen LogP) is 4.57. The summed E-state index contributed by atoms with van der Waals surface area (Å²) >= 11 is 0. The molecule has 0 atom stereocenters. The number of carbonyl (C=O) groups excluding carboxylic acids is 1. The van der Waals surface area contributed by atoms with Crippen molar-refractivity contribution in [2.45, 2.75) is 19.9 Å². The maximum atomic E-state index is 12.9. The van der Waals surface area contributed by atoms with Crippen molar-refractivity contribution in [2.75, 3.05) is 13.7 Å². The number of benzene rings is 2. The number of amides is 1. The molecule has 0 saturated carbocycles. The molecule has 0 radical (unpaired) electrons. The maximum Gasteiger partial charge on any atom is 0.268 e. The van der Waals surface area contributed by atoms with Gasteiger partial charge in [-0.15, -0.1) is 0 Å². The molecule has 0 bridgehead atoms. The molecular formula is C24H24N2O3. The van der Waals surface area contributed by atoms with Crippen LogP contribution in [0.5, 0.6) is 5.75 Å². The monoisotopic (exact) mass is 388 g/mol. The van der Waals surface area contributed by atoms with Crippen molar-refractivity contribution in [3.8, 4) is 5.75 Å². The van der Waals surface area contributed by atoms with Gasteiger partial charge in [-0.1, -0.05) is 36.4 Å². The summed E-state index contributed by atoms with van der Waals surface area (Å²) in [5, 5.41) is 3.03. The lowest BCUT2D eigenvalue weighted by molar-refractivity contribution is 0.0945. The highest BCUT2D eigenvalue weighted by Crippen LogP contribution is 2.23. The second-order valence-electron chi connectivity index (χ2n) is 7.07. The Hall–Kier alpha value is -3.47. The van der Waals surface area contributed by atoms with Crippen LogP contribution in [-0.2, 0) is 13.0 Å². The first-order valence-corrected chi connectivity index (χ1v) is 9.68. The third-order valence-corrected chi connectivity index (χ3v) is 5.18. The standard InChI is InChI=1S/C24H24N2O3/c1-17-6-3-4-8-19(17)16-26-21-11-13-29-23(21)15-22(26)24(27)25-12-10-18-7-5-9-20(14-18)28-2/h3-9,11,13-15H,10,12,16H2,1-2H3,(H,25,27). The number of fused-ring (bicyclic) bond motifs is 1. The molecule has 4 rings (SSSR count). The first-order valence-electron chi connectivity index (χ1n) is 9.68. The summed E-state index contributed by atoms with van der Waals surface area (Å²) in [6, 6.07) is 19.8. The van der Waals surface area contributed by atoms with Crippen molar-refractivity contribution in [2.24, 2.45) is 0 Å². The quantitative estimate of drug-likeness (QED) is 0.504. The summed E-state index contributed by atoms with van der Waals surface area (Å²) in [7, 11) is 1.65. The van der Waals surface area contributed by atoms with Gasteiger partial charge in [0.15, 0.2) is 5.58 Å². The highest BCUT2D eigenvalue weighted by atomic mass is 16.5. The van der Waals surface area contributed by atoms with Gasteiger partial charge in [0.25, 0.3) is 5.91 Å². The van der Waals surface area contributed by atoms with E-state index in [4.69, 9.17) is 9.15 Å². The van der Waals surface area contributed by atoms with Crippen molar-refractivity contribution in [3.63, 3.8) is 0 Å². The molecule has 0 fully saturated rings. The molecule has 5 nitrogen and oxygen atoms in total. The lowest BCUT2D eigenvalue weighted by atomic mass is 10.1. The van der Waals surface area contributed by atoms with Crippen molar-refractivity contribution >= 4 is 17.0 Å². The molecule has 0 saturated heterocycles. The van der Waals surface area contributed by atoms with E-state index >= 15 is 0 Å². The molecule has 0 aliphatic heterocycles. The third kappa shape index (κ3) is 4.04. The van der Waals surface area contributed by atoms with E-state index in [9.17, 15) is 4.79 Å². The number of furan rings is 1. The molecule has 2 aromatic heterocycles. The SMILES string of the molecule is COc1cccc(CCNC(=O)c2cc3occc3n2Cc2ccccc2C)c1. The minimum atomic E-state index is -0.104. The number of carbonyl (C=O) groups is 1. The number of rotatable bonds is 7. The van der Waals surface area contributed by atoms with E-state index < -0.39 is 0 Å². The van der Waals surface area contributed by atoms with Gasteiger partial charge in [-0.25, -0.2) is 0 Å². The molecule has 4 aromatic rings. The molecule has 0 spiro atoms. The normalized spacial score (nSPS) is 11.0. The number of methoxy groups -OCH3 is 1. The second kappa shape index (κ2) is 8.27. The highest BCUT2D eigenvalue weighted by Gasteiger charge is 2.18. The van der Waals surface area contributed by atoms with Gasteiger partial charge < -0.3 is 19.0 Å². The zero-order chi connectivity index (χ0) is 20.2. The number of hydrogen-bond acceptors (Lipinski definition) is 3. The van der Waals surface area contributed by atoms with Gasteiger partial charge in [0, 0.05) is 25.2 Å². The lowest BCUT2D eigenvalue weighted by Gasteiger charge is -2.12. The van der Waals surface area contributed by atoms with Crippen molar-refractivity contribution in [3.05, 3.63) is 89.3 Å². The Labute approximate surface area is 169 Å². The Balaban J connectivity index is 1.51. The van der Waals surface area contributed by atoms with Crippen molar-refractivity contribution in [1.82, 2.24) is 9.88 Å². The van der Waals surface area contributed by atoms with Crippen LogP contribution in [0.2, 0.25) is 0 Å². The van der Waals surface area contributed by atoms with Crippen LogP contribution in [0.15, 0.2) is 71.3 Å². The van der Waals surface area contributed by atoms with E-state index in [2.05, 4.69) is 24.4 Å². The Kier molecular flexibility index (Phi) is 5.38. The zero-order valence-corrected chi connectivity index (χ0v) is 16.6. The topological polar surface area (TPSA) is 56.4 Å². The average Bonchev–Trinajstić information content (AvgIpc) is 3.32. The minimum Gasteiger partial charge on any atom is -0.497 e. The van der Waals surface area contributed by atoms with Crippen LogP contribution < -0.4 is 10.1 Å². The summed E-state index contributed by atoms with van der Waals surface area (Å²) in [4.78, 5) is 12.9. The van der Waals surface area contributed by atoms with Gasteiger partial charge in [-0.05, 0) is 42.2 Å². The molecule has 0 aliphatic carbocycles. The van der Waals surface area contributed by atoms with Gasteiger partial charge in [0.05, 0.1) is 18.9 Å². The molecule has 1 N–H and O–H groups in total. The van der Waals surface area contributed by atoms with Crippen molar-refractivity contribution in [1.29, 1.82) is 0 Å². The van der Waals surface area contributed by atoms with Crippen LogP contribution in [0, 0.1) is 6.92 Å². The van der Waals surface area contributed by atoms with E-state index in [-0.39, 0.29) is 5.91 Å². The molecule has 148 valence electrons. The lowest BCUT2D eigenvalue weighted by Crippen LogP contribution is -2.28. The Morgan fingerprint density at radius 3 is 2.79 bits per heavy atom. The van der Waals surface area contributed by atoms with Gasteiger partial charge in [-0.2, -0.15) is 0 Å². The first kappa shape index (κ1) is 18.9. The molecule has 0 aliphatic rings. The molecular weight excluding hydrogens is 364 g/mol. The Morgan fingerprint density at radius 2 is 1.97 bits per heavy atom. The molecule has 29 heavy (non-hydrogen) atoms. The van der Waals surface area contributed by atoms with Crippen LogP contribution in [-0.4, -0.2) is 24.1 Å². The van der Waals surface area contributed by atoms with E-state index in [0.29, 0.717) is 18.8 Å². The molecule has 1 amide bonds. The maximum absolute atomic E-state index is 12.9. The van der Waals surface area contributed by atoms with E-state index in [1.165, 1.54) is 11.1 Å². The molecule has 2 aromatic carbocycles. The van der Waals surface area contributed by atoms with E-state index in [0.717, 1.165) is 28.8 Å². The van der Waals surface area contributed by atoms with E-state index in [1.807, 2.05) is 53.1 Å². The van der Waals surface area contributed by atoms with Crippen LogP contribution in [0.3, 0.4) is 0 Å². The number of ether oxygens (including phenoxy) is 1. The van der Waals surface area contributed by atoms with Gasteiger partial charge in [0.2, 0.25) is 0 Å². The fourth-order valence-corrected chi connectivity index (χ4v) is 3.53. The zero-order valence-electron chi connectivity index (χ0n) is 16.6. The summed E-state index contributed by atoms with van der Waals surface area (Å²) in [5.41, 5.74) is 5.74. The highest BCUT2D eigenvalue weighted by molar-refractivity contribution is 5.97. The number of nitrogens with one attached hydrogen (secondary N) is 1. The van der Waals surface area contributed by atoms with Crippen LogP contribution in [0.1, 0.15) is 27.2 Å². The molecule has 2 heterocycles. The first-order chi connectivity index (χ1) is 14.2. The largest absolute Gasteiger partial charge is 0.497 e. The van der Waals surface area contributed by atoms with Crippen LogP contribution in [0.25, 0.3) is 11.1 Å². The number of hydrogen-bond donors (Lipinski definition) is 1. The number of nitrogens with zero attached hydrogens (tertiary/aromatic N) is 1. The summed E-state index contributed by atoms with van der Waals surface area (Å²) in [5.74, 6) is 0.717. The van der Waals surface area contributed by atoms with Gasteiger partial charge in [0.1, 0.15) is 11.4 Å².